The summed E-state index contributed by atoms with van der Waals surface area (Å²) in [6.07, 6.45) is 2.74. The van der Waals surface area contributed by atoms with Crippen molar-refractivity contribution in [2.45, 2.75) is 27.2 Å². The molecule has 0 spiro atoms. The molecular formula is C9H19N3. The Morgan fingerprint density at radius 3 is 2.58 bits per heavy atom. The number of allylic oxidation sites excluding steroid dienone is 2. The quantitative estimate of drug-likeness (QED) is 0.622. The average Bonchev–Trinajstić information content (AvgIpc) is 2.11. The molecule has 0 rings (SSSR count). The lowest BCUT2D eigenvalue weighted by Crippen LogP contribution is -2.08. The zero-order valence-corrected chi connectivity index (χ0v) is 8.17. The second-order valence-electron chi connectivity index (χ2n) is 2.86. The van der Waals surface area contributed by atoms with Crippen LogP contribution in [0.1, 0.15) is 27.2 Å². The van der Waals surface area contributed by atoms with E-state index in [2.05, 4.69) is 11.9 Å². The molecular weight excluding hydrogens is 150 g/mol. The van der Waals surface area contributed by atoms with E-state index in [-0.39, 0.29) is 0 Å². The molecule has 0 saturated carbocycles. The van der Waals surface area contributed by atoms with Gasteiger partial charge in [0.15, 0.2) is 0 Å². The molecule has 0 saturated heterocycles. The molecule has 0 aliphatic carbocycles. The smallest absolute Gasteiger partial charge is 0.0855 e. The summed E-state index contributed by atoms with van der Waals surface area (Å²) in [6.45, 7) is 6.50. The minimum Gasteiger partial charge on any atom is -0.402 e. The standard InChI is InChI=1S/C9H19N3/c1-4-9(11)8(3)7(2)5-12-6-10/h5,7H,4,6,10-11H2,1-3H3/b9-8+,12-5+. The fourth-order valence-electron chi connectivity index (χ4n) is 0.902. The molecule has 4 N–H and O–H groups in total. The number of hydrogen-bond donors (Lipinski definition) is 2. The molecule has 0 aliphatic rings. The van der Waals surface area contributed by atoms with Crippen molar-refractivity contribution in [3.05, 3.63) is 11.3 Å². The molecule has 0 aromatic heterocycles. The summed E-state index contributed by atoms with van der Waals surface area (Å²) in [4.78, 5) is 3.97. The number of aliphatic imine (C=N–C) groups is 1. The van der Waals surface area contributed by atoms with Gasteiger partial charge in [-0.2, -0.15) is 0 Å². The molecule has 0 bridgehead atoms. The van der Waals surface area contributed by atoms with Crippen LogP contribution in [0.4, 0.5) is 0 Å². The topological polar surface area (TPSA) is 64.4 Å². The highest BCUT2D eigenvalue weighted by molar-refractivity contribution is 5.64. The summed E-state index contributed by atoms with van der Waals surface area (Å²) < 4.78 is 0. The molecule has 0 fully saturated rings. The van der Waals surface area contributed by atoms with Crippen LogP contribution in [-0.2, 0) is 0 Å². The fourth-order valence-corrected chi connectivity index (χ4v) is 0.902. The van der Waals surface area contributed by atoms with Crippen molar-refractivity contribution in [2.75, 3.05) is 6.67 Å². The van der Waals surface area contributed by atoms with Crippen LogP contribution >= 0.6 is 0 Å². The molecule has 0 radical (unpaired) electrons. The zero-order valence-electron chi connectivity index (χ0n) is 8.17. The van der Waals surface area contributed by atoms with Crippen molar-refractivity contribution in [1.29, 1.82) is 0 Å². The normalized spacial score (nSPS) is 16.3. The number of rotatable bonds is 4. The Kier molecular flexibility index (Phi) is 5.37. The largest absolute Gasteiger partial charge is 0.402 e. The molecule has 12 heavy (non-hydrogen) atoms. The summed E-state index contributed by atoms with van der Waals surface area (Å²) in [6, 6.07) is 0. The molecule has 0 aliphatic heterocycles. The van der Waals surface area contributed by atoms with Crippen molar-refractivity contribution in [3.8, 4) is 0 Å². The number of nitrogens with two attached hydrogens (primary N) is 2. The van der Waals surface area contributed by atoms with E-state index in [1.54, 1.807) is 0 Å². The van der Waals surface area contributed by atoms with E-state index in [9.17, 15) is 0 Å². The van der Waals surface area contributed by atoms with E-state index in [0.29, 0.717) is 12.6 Å². The van der Waals surface area contributed by atoms with Gasteiger partial charge in [0.2, 0.25) is 0 Å². The van der Waals surface area contributed by atoms with E-state index >= 15 is 0 Å². The van der Waals surface area contributed by atoms with Crippen LogP contribution in [0.15, 0.2) is 16.3 Å². The van der Waals surface area contributed by atoms with Crippen LogP contribution in [0.5, 0.6) is 0 Å². The third kappa shape index (κ3) is 3.53. The summed E-state index contributed by atoms with van der Waals surface area (Å²) in [5.74, 6) is 0.300. The highest BCUT2D eigenvalue weighted by atomic mass is 14.8. The SMILES string of the molecule is CC/C(N)=C(/C)C(C)/C=N/CN. The second-order valence-corrected chi connectivity index (χ2v) is 2.86. The van der Waals surface area contributed by atoms with Gasteiger partial charge in [-0.05, 0) is 18.9 Å². The van der Waals surface area contributed by atoms with Crippen LogP contribution in [0.25, 0.3) is 0 Å². The monoisotopic (exact) mass is 169 g/mol. The first-order valence-electron chi connectivity index (χ1n) is 4.28. The third-order valence-corrected chi connectivity index (χ3v) is 2.00. The Labute approximate surface area is 74.5 Å². The maximum atomic E-state index is 5.78. The predicted molar refractivity (Wildman–Crippen MR) is 53.9 cm³/mol. The van der Waals surface area contributed by atoms with Gasteiger partial charge >= 0.3 is 0 Å². The van der Waals surface area contributed by atoms with Gasteiger partial charge in [-0.3, -0.25) is 4.99 Å². The summed E-state index contributed by atoms with van der Waals surface area (Å²) in [5, 5.41) is 0. The van der Waals surface area contributed by atoms with E-state index in [4.69, 9.17) is 11.5 Å². The second kappa shape index (κ2) is 5.77. The van der Waals surface area contributed by atoms with Crippen LogP contribution in [-0.4, -0.2) is 12.9 Å². The summed E-state index contributed by atoms with van der Waals surface area (Å²) >= 11 is 0. The van der Waals surface area contributed by atoms with Gasteiger partial charge in [0, 0.05) is 17.8 Å². The van der Waals surface area contributed by atoms with Crippen LogP contribution in [0.2, 0.25) is 0 Å². The minimum absolute atomic E-state index is 0.300. The van der Waals surface area contributed by atoms with E-state index in [1.807, 2.05) is 20.1 Å². The molecule has 0 aromatic rings. The Morgan fingerprint density at radius 2 is 2.17 bits per heavy atom. The van der Waals surface area contributed by atoms with Crippen molar-refractivity contribution >= 4 is 6.21 Å². The van der Waals surface area contributed by atoms with Gasteiger partial charge in [0.1, 0.15) is 0 Å². The van der Waals surface area contributed by atoms with Gasteiger partial charge in [-0.15, -0.1) is 0 Å². The Balaban J connectivity index is 4.27. The maximum absolute atomic E-state index is 5.78. The van der Waals surface area contributed by atoms with Crippen molar-refractivity contribution < 1.29 is 0 Å². The zero-order chi connectivity index (χ0) is 9.56. The van der Waals surface area contributed by atoms with E-state index in [1.165, 1.54) is 5.57 Å². The molecule has 70 valence electrons. The molecule has 3 nitrogen and oxygen atoms in total. The van der Waals surface area contributed by atoms with Gasteiger partial charge < -0.3 is 11.5 Å². The predicted octanol–water partition coefficient (Wildman–Crippen LogP) is 1.25. The van der Waals surface area contributed by atoms with Crippen molar-refractivity contribution in [1.82, 2.24) is 0 Å². The van der Waals surface area contributed by atoms with Crippen LogP contribution < -0.4 is 11.5 Å². The van der Waals surface area contributed by atoms with Gasteiger partial charge in [-0.1, -0.05) is 13.8 Å². The number of nitrogens with zero attached hydrogens (tertiary/aromatic N) is 1. The highest BCUT2D eigenvalue weighted by Gasteiger charge is 2.03. The highest BCUT2D eigenvalue weighted by Crippen LogP contribution is 2.11. The lowest BCUT2D eigenvalue weighted by molar-refractivity contribution is 0.868. The Hall–Kier alpha value is -0.830. The van der Waals surface area contributed by atoms with E-state index in [0.717, 1.165) is 12.1 Å². The molecule has 0 amide bonds. The minimum atomic E-state index is 0.300. The van der Waals surface area contributed by atoms with Gasteiger partial charge in [-0.25, -0.2) is 0 Å². The first-order chi connectivity index (χ1) is 5.63. The van der Waals surface area contributed by atoms with Gasteiger partial charge in [0.25, 0.3) is 0 Å². The average molecular weight is 169 g/mol. The fraction of sp³-hybridized carbons (Fsp3) is 0.667. The Bertz CT molecular complexity index is 182. The van der Waals surface area contributed by atoms with Crippen molar-refractivity contribution in [2.24, 2.45) is 22.4 Å². The molecule has 3 heteroatoms. The maximum Gasteiger partial charge on any atom is 0.0855 e. The summed E-state index contributed by atoms with van der Waals surface area (Å²) in [5.41, 5.74) is 13.2. The molecule has 0 aromatic carbocycles. The lowest BCUT2D eigenvalue weighted by Gasteiger charge is -2.09. The lowest BCUT2D eigenvalue weighted by atomic mass is 10.0. The number of hydrogen-bond acceptors (Lipinski definition) is 3. The van der Waals surface area contributed by atoms with E-state index < -0.39 is 0 Å². The third-order valence-electron chi connectivity index (χ3n) is 2.00. The molecule has 1 unspecified atom stereocenters. The van der Waals surface area contributed by atoms with Crippen LogP contribution in [0.3, 0.4) is 0 Å². The molecule has 0 heterocycles. The molecule has 1 atom stereocenters. The summed E-state index contributed by atoms with van der Waals surface area (Å²) in [7, 11) is 0. The first-order valence-corrected chi connectivity index (χ1v) is 4.28. The van der Waals surface area contributed by atoms with Gasteiger partial charge in [0.05, 0.1) is 6.67 Å². The first kappa shape index (κ1) is 11.2. The van der Waals surface area contributed by atoms with Crippen LogP contribution in [0, 0.1) is 5.92 Å². The van der Waals surface area contributed by atoms with Crippen molar-refractivity contribution in [3.63, 3.8) is 0 Å². The Morgan fingerprint density at radius 1 is 1.58 bits per heavy atom.